The highest BCUT2D eigenvalue weighted by Crippen LogP contribution is 2.25. The van der Waals surface area contributed by atoms with Crippen molar-refractivity contribution in [2.24, 2.45) is 0 Å². The van der Waals surface area contributed by atoms with E-state index in [4.69, 9.17) is 9.47 Å². The molecule has 2 aromatic rings. The van der Waals surface area contributed by atoms with E-state index < -0.39 is 0 Å². The summed E-state index contributed by atoms with van der Waals surface area (Å²) in [5, 5.41) is 0. The Bertz CT molecular complexity index is 591. The Labute approximate surface area is 146 Å². The largest absolute Gasteiger partial charge is 0.356 e. The lowest BCUT2D eigenvalue weighted by molar-refractivity contribution is -0.0481. The van der Waals surface area contributed by atoms with E-state index in [1.807, 2.05) is 11.0 Å². The first-order valence-corrected chi connectivity index (χ1v) is 8.70. The predicted molar refractivity (Wildman–Crippen MR) is 101 cm³/mol. The lowest BCUT2D eigenvalue weighted by Gasteiger charge is -2.08. The minimum absolute atomic E-state index is 0.380. The molecule has 0 aromatic heterocycles. The molecule has 2 aromatic carbocycles. The van der Waals surface area contributed by atoms with Gasteiger partial charge in [0.25, 0.3) is 0 Å². The first kappa shape index (κ1) is 17.2. The fraction of sp³-hybridized carbons (Fsp3) is 0.263. The normalized spacial score (nSPS) is 11.2. The molecule has 0 N–H and O–H groups in total. The van der Waals surface area contributed by atoms with Gasteiger partial charge in [0.15, 0.2) is 0 Å². The molecule has 116 valence electrons. The molecule has 0 radical (unpaired) electrons. The van der Waals surface area contributed by atoms with Crippen LogP contribution >= 0.6 is 22.6 Å². The molecule has 0 saturated carbocycles. The second-order valence-corrected chi connectivity index (χ2v) is 5.56. The molecular formula is C19H21IO2. The van der Waals surface area contributed by atoms with E-state index >= 15 is 0 Å². The Morgan fingerprint density at radius 1 is 1.00 bits per heavy atom. The van der Waals surface area contributed by atoms with Crippen LogP contribution in [0.15, 0.2) is 52.6 Å². The second-order valence-electron chi connectivity index (χ2n) is 4.85. The van der Waals surface area contributed by atoms with E-state index in [0.717, 1.165) is 6.42 Å². The maximum atomic E-state index is 5.41. The van der Waals surface area contributed by atoms with Crippen molar-refractivity contribution in [3.63, 3.8) is 0 Å². The van der Waals surface area contributed by atoms with Crippen molar-refractivity contribution in [1.82, 2.24) is 0 Å². The highest BCUT2D eigenvalue weighted by atomic mass is 127. The van der Waals surface area contributed by atoms with E-state index in [1.54, 1.807) is 0 Å². The Kier molecular flexibility index (Phi) is 7.63. The van der Waals surface area contributed by atoms with Crippen LogP contribution in [0.2, 0.25) is 0 Å². The molecule has 0 bridgehead atoms. The van der Waals surface area contributed by atoms with E-state index in [0.29, 0.717) is 20.0 Å². The second kappa shape index (κ2) is 9.77. The zero-order valence-corrected chi connectivity index (χ0v) is 15.0. The average Bonchev–Trinajstić information content (AvgIpc) is 2.56. The molecule has 22 heavy (non-hydrogen) atoms. The highest BCUT2D eigenvalue weighted by Gasteiger charge is 2.02. The van der Waals surface area contributed by atoms with Crippen LogP contribution in [0.4, 0.5) is 0 Å². The van der Waals surface area contributed by atoms with Crippen molar-refractivity contribution in [2.75, 3.05) is 20.0 Å². The summed E-state index contributed by atoms with van der Waals surface area (Å²) in [5.74, 6) is 0. The lowest BCUT2D eigenvalue weighted by atomic mass is 9.98. The summed E-state index contributed by atoms with van der Waals surface area (Å²) in [7, 11) is 0. The van der Waals surface area contributed by atoms with Crippen LogP contribution < -0.4 is 0 Å². The van der Waals surface area contributed by atoms with Crippen LogP contribution in [0.5, 0.6) is 0 Å². The van der Waals surface area contributed by atoms with Crippen molar-refractivity contribution in [3.05, 3.63) is 63.7 Å². The summed E-state index contributed by atoms with van der Waals surface area (Å²) < 4.78 is 12.6. The van der Waals surface area contributed by atoms with Gasteiger partial charge in [-0.3, -0.25) is 0 Å². The van der Waals surface area contributed by atoms with E-state index in [9.17, 15) is 0 Å². The zero-order chi connectivity index (χ0) is 15.6. The monoisotopic (exact) mass is 408 g/mol. The van der Waals surface area contributed by atoms with Gasteiger partial charge in [-0.05, 0) is 45.8 Å². The average molecular weight is 408 g/mol. The summed E-state index contributed by atoms with van der Waals surface area (Å²) >= 11 is 2.25. The molecule has 0 aliphatic rings. The van der Waals surface area contributed by atoms with Gasteiger partial charge < -0.3 is 9.47 Å². The van der Waals surface area contributed by atoms with Crippen molar-refractivity contribution < 1.29 is 9.47 Å². The van der Waals surface area contributed by atoms with Gasteiger partial charge in [0.05, 0.1) is 6.61 Å². The standard InChI is InChI=1S/C19H21IO2/c1-2-21-15-22-14-12-16-7-9-18(10-8-16)19-6-4-3-5-17(19)11-13-20/h3-11,13H,2,12,14-15H2,1H3. The van der Waals surface area contributed by atoms with Gasteiger partial charge in [-0.15, -0.1) is 0 Å². The third kappa shape index (κ3) is 5.23. The van der Waals surface area contributed by atoms with Gasteiger partial charge in [0.1, 0.15) is 6.79 Å². The van der Waals surface area contributed by atoms with E-state index in [2.05, 4.69) is 77.2 Å². The molecule has 0 amide bonds. The maximum Gasteiger partial charge on any atom is 0.146 e. The van der Waals surface area contributed by atoms with Crippen molar-refractivity contribution in [3.8, 4) is 11.1 Å². The summed E-state index contributed by atoms with van der Waals surface area (Å²) in [6, 6.07) is 17.1. The van der Waals surface area contributed by atoms with Crippen LogP contribution in [0.3, 0.4) is 0 Å². The molecule has 0 atom stereocenters. The Morgan fingerprint density at radius 2 is 1.77 bits per heavy atom. The topological polar surface area (TPSA) is 18.5 Å². The van der Waals surface area contributed by atoms with Crippen molar-refractivity contribution >= 4 is 28.7 Å². The van der Waals surface area contributed by atoms with E-state index in [1.165, 1.54) is 22.3 Å². The molecule has 2 rings (SSSR count). The van der Waals surface area contributed by atoms with Crippen molar-refractivity contribution in [1.29, 1.82) is 0 Å². The minimum atomic E-state index is 0.380. The first-order chi connectivity index (χ1) is 10.8. The minimum Gasteiger partial charge on any atom is -0.356 e. The third-order valence-corrected chi connectivity index (χ3v) is 3.73. The molecule has 0 saturated heterocycles. The molecule has 0 aliphatic carbocycles. The number of rotatable bonds is 8. The quantitative estimate of drug-likeness (QED) is 0.335. The predicted octanol–water partition coefficient (Wildman–Crippen LogP) is 5.31. The van der Waals surface area contributed by atoms with Crippen LogP contribution in [-0.4, -0.2) is 20.0 Å². The Balaban J connectivity index is 2.00. The van der Waals surface area contributed by atoms with Crippen LogP contribution in [0.25, 0.3) is 17.2 Å². The highest BCUT2D eigenvalue weighted by molar-refractivity contribution is 14.1. The summed E-state index contributed by atoms with van der Waals surface area (Å²) in [6.07, 6.45) is 3.04. The molecule has 3 heteroatoms. The van der Waals surface area contributed by atoms with Gasteiger partial charge in [0, 0.05) is 6.61 Å². The zero-order valence-electron chi connectivity index (χ0n) is 12.8. The molecule has 0 fully saturated rings. The lowest BCUT2D eigenvalue weighted by Crippen LogP contribution is -2.03. The van der Waals surface area contributed by atoms with Crippen molar-refractivity contribution in [2.45, 2.75) is 13.3 Å². The first-order valence-electron chi connectivity index (χ1n) is 7.45. The summed E-state index contributed by atoms with van der Waals surface area (Å²) in [6.45, 7) is 3.73. The molecule has 2 nitrogen and oxygen atoms in total. The SMILES string of the molecule is CCOCOCCc1ccc(-c2ccccc2C=CI)cc1. The van der Waals surface area contributed by atoms with Gasteiger partial charge >= 0.3 is 0 Å². The fourth-order valence-electron chi connectivity index (χ4n) is 2.22. The number of ether oxygens (including phenoxy) is 2. The Morgan fingerprint density at radius 3 is 2.50 bits per heavy atom. The van der Waals surface area contributed by atoms with Gasteiger partial charge in [-0.25, -0.2) is 0 Å². The molecular weight excluding hydrogens is 387 g/mol. The molecule has 0 aliphatic heterocycles. The molecule has 0 unspecified atom stereocenters. The fourth-order valence-corrected chi connectivity index (χ4v) is 2.60. The van der Waals surface area contributed by atoms with Crippen LogP contribution in [0.1, 0.15) is 18.1 Å². The number of hydrogen-bond acceptors (Lipinski definition) is 2. The van der Waals surface area contributed by atoms with Gasteiger partial charge in [-0.1, -0.05) is 71.1 Å². The van der Waals surface area contributed by atoms with Crippen LogP contribution in [0, 0.1) is 0 Å². The smallest absolute Gasteiger partial charge is 0.146 e. The number of halogens is 1. The molecule has 0 heterocycles. The van der Waals surface area contributed by atoms with Gasteiger partial charge in [-0.2, -0.15) is 0 Å². The number of benzene rings is 2. The van der Waals surface area contributed by atoms with E-state index in [-0.39, 0.29) is 0 Å². The summed E-state index contributed by atoms with van der Waals surface area (Å²) in [4.78, 5) is 0. The van der Waals surface area contributed by atoms with Crippen LogP contribution in [-0.2, 0) is 15.9 Å². The molecule has 0 spiro atoms. The summed E-state index contributed by atoms with van der Waals surface area (Å²) in [5.41, 5.74) is 5.02. The van der Waals surface area contributed by atoms with Gasteiger partial charge in [0.2, 0.25) is 0 Å². The third-order valence-electron chi connectivity index (χ3n) is 3.37. The Hall–Kier alpha value is -1.17. The maximum absolute atomic E-state index is 5.41. The number of hydrogen-bond donors (Lipinski definition) is 0.